The number of benzene rings is 1. The molecule has 2 heterocycles. The molecule has 0 amide bonds. The third kappa shape index (κ3) is 4.06. The number of hydrogen-bond donors (Lipinski definition) is 0. The van der Waals surface area contributed by atoms with E-state index in [2.05, 4.69) is 23.1 Å². The molecule has 3 rings (SSSR count). The van der Waals surface area contributed by atoms with E-state index in [0.29, 0.717) is 6.61 Å². The van der Waals surface area contributed by atoms with E-state index < -0.39 is 0 Å². The fraction of sp³-hybridized carbons (Fsp3) is 0.684. The zero-order valence-corrected chi connectivity index (χ0v) is 14.5. The summed E-state index contributed by atoms with van der Waals surface area (Å²) in [5.74, 6) is 0.907. The van der Waals surface area contributed by atoms with Crippen LogP contribution in [-0.2, 0) is 22.6 Å². The molecule has 2 aliphatic heterocycles. The van der Waals surface area contributed by atoms with Crippen molar-refractivity contribution in [3.63, 3.8) is 0 Å². The summed E-state index contributed by atoms with van der Waals surface area (Å²) in [5.41, 5.74) is 2.65. The first-order chi connectivity index (χ1) is 11.2. The summed E-state index contributed by atoms with van der Waals surface area (Å²) >= 11 is 0. The van der Waals surface area contributed by atoms with Gasteiger partial charge in [-0.25, -0.2) is 0 Å². The van der Waals surface area contributed by atoms with E-state index >= 15 is 0 Å². The second-order valence-electron chi connectivity index (χ2n) is 6.84. The molecule has 23 heavy (non-hydrogen) atoms. The first-order valence-corrected chi connectivity index (χ1v) is 8.76. The maximum atomic E-state index is 6.08. The maximum Gasteiger partial charge on any atom is 0.124 e. The van der Waals surface area contributed by atoms with Gasteiger partial charge in [-0.1, -0.05) is 6.07 Å². The van der Waals surface area contributed by atoms with Crippen molar-refractivity contribution < 1.29 is 14.2 Å². The van der Waals surface area contributed by atoms with Crippen molar-refractivity contribution in [1.82, 2.24) is 4.90 Å². The van der Waals surface area contributed by atoms with Gasteiger partial charge in [0.1, 0.15) is 5.75 Å². The van der Waals surface area contributed by atoms with Gasteiger partial charge < -0.3 is 14.2 Å². The van der Waals surface area contributed by atoms with E-state index in [-0.39, 0.29) is 5.60 Å². The summed E-state index contributed by atoms with van der Waals surface area (Å²) < 4.78 is 16.8. The summed E-state index contributed by atoms with van der Waals surface area (Å²) in [6.07, 6.45) is 6.12. The zero-order chi connectivity index (χ0) is 16.1. The molecule has 1 aromatic rings. The van der Waals surface area contributed by atoms with Crippen LogP contribution in [-0.4, -0.2) is 44.4 Å². The van der Waals surface area contributed by atoms with Crippen LogP contribution in [0.4, 0.5) is 0 Å². The Morgan fingerprint density at radius 1 is 1.13 bits per heavy atom. The van der Waals surface area contributed by atoms with Gasteiger partial charge in [0.05, 0.1) is 19.3 Å². The number of methoxy groups -OCH3 is 2. The molecule has 1 aromatic carbocycles. The van der Waals surface area contributed by atoms with Gasteiger partial charge >= 0.3 is 0 Å². The van der Waals surface area contributed by atoms with Gasteiger partial charge in [-0.2, -0.15) is 0 Å². The van der Waals surface area contributed by atoms with Crippen molar-refractivity contribution in [3.8, 4) is 5.75 Å². The molecule has 128 valence electrons. The molecule has 0 aliphatic carbocycles. The Balaban J connectivity index is 1.63. The van der Waals surface area contributed by atoms with E-state index in [4.69, 9.17) is 14.2 Å². The van der Waals surface area contributed by atoms with Crippen molar-refractivity contribution in [2.24, 2.45) is 0 Å². The van der Waals surface area contributed by atoms with Gasteiger partial charge in [0, 0.05) is 32.4 Å². The average Bonchev–Trinajstić information content (AvgIpc) is 2.93. The lowest BCUT2D eigenvalue weighted by atomic mass is 9.92. The quantitative estimate of drug-likeness (QED) is 0.832. The Labute approximate surface area is 139 Å². The first-order valence-electron chi connectivity index (χ1n) is 8.76. The van der Waals surface area contributed by atoms with Crippen LogP contribution < -0.4 is 4.74 Å². The molecule has 1 spiro atoms. The predicted molar refractivity (Wildman–Crippen MR) is 90.8 cm³/mol. The molecule has 0 saturated carbocycles. The minimum atomic E-state index is 0.190. The van der Waals surface area contributed by atoms with Crippen LogP contribution in [0.5, 0.6) is 5.75 Å². The van der Waals surface area contributed by atoms with Crippen molar-refractivity contribution in [3.05, 3.63) is 29.3 Å². The molecule has 0 aromatic heterocycles. The molecule has 2 saturated heterocycles. The SMILES string of the molecule is COCc1cc(CN2CCC[C@@]3(CCCO3)CC2)ccc1OC. The minimum Gasteiger partial charge on any atom is -0.496 e. The summed E-state index contributed by atoms with van der Waals surface area (Å²) in [4.78, 5) is 2.56. The summed E-state index contributed by atoms with van der Waals surface area (Å²) in [6.45, 7) is 4.84. The molecule has 4 nitrogen and oxygen atoms in total. The third-order valence-corrected chi connectivity index (χ3v) is 5.23. The lowest BCUT2D eigenvalue weighted by Gasteiger charge is -2.27. The van der Waals surface area contributed by atoms with Crippen molar-refractivity contribution in [2.45, 2.75) is 50.9 Å². The van der Waals surface area contributed by atoms with Crippen LogP contribution in [0.25, 0.3) is 0 Å². The maximum absolute atomic E-state index is 6.08. The first kappa shape index (κ1) is 16.7. The Hall–Kier alpha value is -1.10. The van der Waals surface area contributed by atoms with E-state index in [1.807, 2.05) is 0 Å². The van der Waals surface area contributed by atoms with Crippen LogP contribution >= 0.6 is 0 Å². The van der Waals surface area contributed by atoms with Gasteiger partial charge in [0.2, 0.25) is 0 Å². The third-order valence-electron chi connectivity index (χ3n) is 5.23. The molecule has 2 aliphatic rings. The van der Waals surface area contributed by atoms with Crippen LogP contribution in [0.15, 0.2) is 18.2 Å². The molecular weight excluding hydrogens is 290 g/mol. The van der Waals surface area contributed by atoms with Crippen LogP contribution in [0.1, 0.15) is 43.2 Å². The highest BCUT2D eigenvalue weighted by molar-refractivity contribution is 5.37. The minimum absolute atomic E-state index is 0.190. The number of hydrogen-bond acceptors (Lipinski definition) is 4. The fourth-order valence-electron chi connectivity index (χ4n) is 3.99. The van der Waals surface area contributed by atoms with E-state index in [1.165, 1.54) is 37.7 Å². The van der Waals surface area contributed by atoms with Gasteiger partial charge in [-0.15, -0.1) is 0 Å². The van der Waals surface area contributed by atoms with Crippen LogP contribution in [0.3, 0.4) is 0 Å². The van der Waals surface area contributed by atoms with Gasteiger partial charge in [-0.05, 0) is 56.3 Å². The number of ether oxygens (including phenoxy) is 3. The average molecular weight is 319 g/mol. The lowest BCUT2D eigenvalue weighted by molar-refractivity contribution is -0.00737. The Bertz CT molecular complexity index is 511. The highest BCUT2D eigenvalue weighted by Crippen LogP contribution is 2.36. The van der Waals surface area contributed by atoms with E-state index in [0.717, 1.165) is 37.6 Å². The monoisotopic (exact) mass is 319 g/mol. The molecule has 2 fully saturated rings. The molecule has 0 N–H and O–H groups in total. The second kappa shape index (κ2) is 7.65. The van der Waals surface area contributed by atoms with Gasteiger partial charge in [-0.3, -0.25) is 4.90 Å². The Morgan fingerprint density at radius 3 is 2.74 bits per heavy atom. The summed E-state index contributed by atoms with van der Waals surface area (Å²) in [7, 11) is 3.44. The topological polar surface area (TPSA) is 30.9 Å². The lowest BCUT2D eigenvalue weighted by Crippen LogP contribution is -2.30. The zero-order valence-electron chi connectivity index (χ0n) is 14.5. The molecule has 1 atom stereocenters. The summed E-state index contributed by atoms with van der Waals surface area (Å²) in [5, 5.41) is 0. The van der Waals surface area contributed by atoms with E-state index in [1.54, 1.807) is 14.2 Å². The van der Waals surface area contributed by atoms with Gasteiger partial charge in [0.25, 0.3) is 0 Å². The van der Waals surface area contributed by atoms with Crippen LogP contribution in [0, 0.1) is 0 Å². The standard InChI is InChI=1S/C19H29NO3/c1-21-15-17-13-16(5-6-18(17)22-2)14-20-10-3-7-19(9-11-20)8-4-12-23-19/h5-6,13H,3-4,7-12,14-15H2,1-2H3/t19-/m1/s1. The summed E-state index contributed by atoms with van der Waals surface area (Å²) in [6, 6.07) is 6.45. The molecule has 0 unspecified atom stereocenters. The normalized spacial score (nSPS) is 25.7. The van der Waals surface area contributed by atoms with E-state index in [9.17, 15) is 0 Å². The number of rotatable bonds is 5. The van der Waals surface area contributed by atoms with Crippen molar-refractivity contribution >= 4 is 0 Å². The highest BCUT2D eigenvalue weighted by atomic mass is 16.5. The smallest absolute Gasteiger partial charge is 0.124 e. The predicted octanol–water partition coefficient (Wildman–Crippen LogP) is 3.38. The fourth-order valence-corrected chi connectivity index (χ4v) is 3.99. The highest BCUT2D eigenvalue weighted by Gasteiger charge is 2.36. The molecule has 0 radical (unpaired) electrons. The largest absolute Gasteiger partial charge is 0.496 e. The Kier molecular flexibility index (Phi) is 5.57. The molecule has 0 bridgehead atoms. The molecule has 4 heteroatoms. The Morgan fingerprint density at radius 2 is 2.00 bits per heavy atom. The van der Waals surface area contributed by atoms with Gasteiger partial charge in [0.15, 0.2) is 0 Å². The number of nitrogens with zero attached hydrogens (tertiary/aromatic N) is 1. The second-order valence-corrected chi connectivity index (χ2v) is 6.84. The van der Waals surface area contributed by atoms with Crippen LogP contribution in [0.2, 0.25) is 0 Å². The number of likely N-dealkylation sites (tertiary alicyclic amines) is 1. The van der Waals surface area contributed by atoms with Crippen molar-refractivity contribution in [1.29, 1.82) is 0 Å². The molecular formula is C19H29NO3. The van der Waals surface area contributed by atoms with Crippen molar-refractivity contribution in [2.75, 3.05) is 33.9 Å².